The van der Waals surface area contributed by atoms with Gasteiger partial charge >= 0.3 is 6.03 Å². The lowest BCUT2D eigenvalue weighted by atomic mass is 10.2. The highest BCUT2D eigenvalue weighted by molar-refractivity contribution is 6.00. The first kappa shape index (κ1) is 17.1. The third kappa shape index (κ3) is 3.64. The summed E-state index contributed by atoms with van der Waals surface area (Å²) in [5, 5.41) is 9.68. The first-order valence-electron chi connectivity index (χ1n) is 8.72. The van der Waals surface area contributed by atoms with Crippen LogP contribution in [-0.2, 0) is 0 Å². The summed E-state index contributed by atoms with van der Waals surface area (Å²) >= 11 is 0. The van der Waals surface area contributed by atoms with Gasteiger partial charge in [0.1, 0.15) is 12.0 Å². The van der Waals surface area contributed by atoms with Gasteiger partial charge in [0.25, 0.3) is 0 Å². The van der Waals surface area contributed by atoms with Crippen molar-refractivity contribution in [3.63, 3.8) is 0 Å². The summed E-state index contributed by atoms with van der Waals surface area (Å²) in [6, 6.07) is 6.08. The number of halogens is 1. The molecule has 4 rings (SSSR count). The molecule has 27 heavy (non-hydrogen) atoms. The van der Waals surface area contributed by atoms with Gasteiger partial charge in [0, 0.05) is 17.3 Å². The number of hydrogen-bond acceptors (Lipinski definition) is 4. The van der Waals surface area contributed by atoms with Crippen LogP contribution in [0.1, 0.15) is 35.8 Å². The second-order valence-electron chi connectivity index (χ2n) is 6.66. The van der Waals surface area contributed by atoms with Gasteiger partial charge in [-0.1, -0.05) is 0 Å². The fraction of sp³-hybridized carbons (Fsp3) is 0.263. The topological polar surface area (TPSA) is 84.7 Å². The van der Waals surface area contributed by atoms with E-state index in [1.54, 1.807) is 23.7 Å². The van der Waals surface area contributed by atoms with E-state index in [0.29, 0.717) is 28.7 Å². The van der Waals surface area contributed by atoms with Crippen LogP contribution < -0.4 is 10.6 Å². The van der Waals surface area contributed by atoms with Crippen molar-refractivity contribution in [2.24, 2.45) is 0 Å². The van der Waals surface area contributed by atoms with Gasteiger partial charge < -0.3 is 10.6 Å². The van der Waals surface area contributed by atoms with Gasteiger partial charge in [-0.05, 0) is 51.0 Å². The summed E-state index contributed by atoms with van der Waals surface area (Å²) in [6.45, 7) is 3.66. The molecule has 1 saturated carbocycles. The Kier molecular flexibility index (Phi) is 4.31. The minimum Gasteiger partial charge on any atom is -0.308 e. The van der Waals surface area contributed by atoms with Crippen molar-refractivity contribution in [3.8, 4) is 5.69 Å². The van der Waals surface area contributed by atoms with Crippen molar-refractivity contribution in [2.75, 3.05) is 10.6 Å². The molecule has 0 radical (unpaired) electrons. The van der Waals surface area contributed by atoms with Crippen LogP contribution in [0.5, 0.6) is 0 Å². The van der Waals surface area contributed by atoms with Crippen LogP contribution in [0.25, 0.3) is 5.69 Å². The Morgan fingerprint density at radius 3 is 2.74 bits per heavy atom. The summed E-state index contributed by atoms with van der Waals surface area (Å²) in [6.07, 6.45) is 5.12. The van der Waals surface area contributed by atoms with E-state index in [0.717, 1.165) is 24.2 Å². The number of nitrogens with one attached hydrogen (secondary N) is 2. The molecular formula is C19H19FN6O. The average molecular weight is 366 g/mol. The number of aromatic nitrogens is 4. The van der Waals surface area contributed by atoms with Crippen LogP contribution >= 0.6 is 0 Å². The van der Waals surface area contributed by atoms with E-state index in [1.165, 1.54) is 18.6 Å². The largest absolute Gasteiger partial charge is 0.323 e. The number of amides is 2. The molecule has 0 unspecified atom stereocenters. The quantitative estimate of drug-likeness (QED) is 0.732. The van der Waals surface area contributed by atoms with E-state index >= 15 is 0 Å². The first-order chi connectivity index (χ1) is 13.0. The van der Waals surface area contributed by atoms with Crippen LogP contribution in [0.3, 0.4) is 0 Å². The van der Waals surface area contributed by atoms with E-state index in [1.807, 2.05) is 13.0 Å². The molecule has 0 aliphatic heterocycles. The normalized spacial score (nSPS) is 13.4. The third-order valence-electron chi connectivity index (χ3n) is 4.45. The Bertz CT molecular complexity index is 1010. The summed E-state index contributed by atoms with van der Waals surface area (Å²) < 4.78 is 16.4. The van der Waals surface area contributed by atoms with Crippen molar-refractivity contribution in [2.45, 2.75) is 32.6 Å². The Labute approximate surface area is 155 Å². The van der Waals surface area contributed by atoms with Crippen molar-refractivity contribution in [3.05, 3.63) is 59.7 Å². The van der Waals surface area contributed by atoms with E-state index in [2.05, 4.69) is 25.7 Å². The zero-order valence-electron chi connectivity index (χ0n) is 15.0. The summed E-state index contributed by atoms with van der Waals surface area (Å²) in [5.41, 5.74) is 3.75. The minimum absolute atomic E-state index is 0.347. The standard InChI is InChI=1S/C19H19FN6O/c1-11-7-18(13-3-4-13)26(25-11)17-6-5-14(8-15(17)20)23-19(27)24-16-9-21-10-22-12(16)2/h5-10,13H,3-4H2,1-2H3,(H2,23,24,27). The third-order valence-corrected chi connectivity index (χ3v) is 4.45. The van der Waals surface area contributed by atoms with E-state index in [4.69, 9.17) is 0 Å². The lowest BCUT2D eigenvalue weighted by Crippen LogP contribution is -2.20. The summed E-state index contributed by atoms with van der Waals surface area (Å²) in [5.74, 6) is 0.00235. The smallest absolute Gasteiger partial charge is 0.308 e. The van der Waals surface area contributed by atoms with Gasteiger partial charge in [-0.15, -0.1) is 0 Å². The number of carbonyl (C=O) groups excluding carboxylic acids is 1. The number of nitrogens with zero attached hydrogens (tertiary/aromatic N) is 4. The molecule has 8 heteroatoms. The molecule has 2 heterocycles. The molecule has 0 saturated heterocycles. The van der Waals surface area contributed by atoms with Crippen molar-refractivity contribution in [1.29, 1.82) is 0 Å². The lowest BCUT2D eigenvalue weighted by Gasteiger charge is -2.11. The average Bonchev–Trinajstić information content (AvgIpc) is 3.39. The fourth-order valence-electron chi connectivity index (χ4n) is 2.94. The summed E-state index contributed by atoms with van der Waals surface area (Å²) in [4.78, 5) is 20.0. The molecule has 138 valence electrons. The lowest BCUT2D eigenvalue weighted by molar-refractivity contribution is 0.262. The highest BCUT2D eigenvalue weighted by Crippen LogP contribution is 2.41. The Hall–Kier alpha value is -3.29. The highest BCUT2D eigenvalue weighted by atomic mass is 19.1. The van der Waals surface area contributed by atoms with Crippen LogP contribution in [0, 0.1) is 19.7 Å². The number of hydrogen-bond donors (Lipinski definition) is 2. The molecule has 0 spiro atoms. The van der Waals surface area contributed by atoms with Crippen molar-refractivity contribution in [1.82, 2.24) is 19.7 Å². The summed E-state index contributed by atoms with van der Waals surface area (Å²) in [7, 11) is 0. The Morgan fingerprint density at radius 2 is 2.04 bits per heavy atom. The molecule has 0 atom stereocenters. The van der Waals surface area contributed by atoms with Gasteiger partial charge in [-0.3, -0.25) is 0 Å². The van der Waals surface area contributed by atoms with Crippen molar-refractivity contribution < 1.29 is 9.18 Å². The number of carbonyl (C=O) groups is 1. The number of aryl methyl sites for hydroxylation is 2. The van der Waals surface area contributed by atoms with Crippen LogP contribution in [0.15, 0.2) is 36.8 Å². The predicted molar refractivity (Wildman–Crippen MR) is 99.6 cm³/mol. The molecule has 0 bridgehead atoms. The van der Waals surface area contributed by atoms with Crippen LogP contribution in [-0.4, -0.2) is 25.8 Å². The van der Waals surface area contributed by atoms with Gasteiger partial charge in [0.05, 0.1) is 23.3 Å². The number of benzene rings is 1. The second-order valence-corrected chi connectivity index (χ2v) is 6.66. The van der Waals surface area contributed by atoms with Gasteiger partial charge in [0.15, 0.2) is 5.82 Å². The Balaban J connectivity index is 1.52. The SMILES string of the molecule is Cc1cc(C2CC2)n(-c2ccc(NC(=O)Nc3cncnc3C)cc2F)n1. The van der Waals surface area contributed by atoms with Crippen LogP contribution in [0.4, 0.5) is 20.6 Å². The maximum Gasteiger partial charge on any atom is 0.323 e. The highest BCUT2D eigenvalue weighted by Gasteiger charge is 2.28. The van der Waals surface area contributed by atoms with E-state index < -0.39 is 11.8 Å². The monoisotopic (exact) mass is 366 g/mol. The predicted octanol–water partition coefficient (Wildman–Crippen LogP) is 3.94. The number of anilines is 2. The second kappa shape index (κ2) is 6.79. The number of rotatable bonds is 4. The fourth-order valence-corrected chi connectivity index (χ4v) is 2.94. The molecule has 1 aliphatic carbocycles. The Morgan fingerprint density at radius 1 is 1.22 bits per heavy atom. The molecule has 3 aromatic rings. The van der Waals surface area contributed by atoms with Gasteiger partial charge in [-0.2, -0.15) is 5.10 Å². The van der Waals surface area contributed by atoms with Gasteiger partial charge in [-0.25, -0.2) is 23.8 Å². The molecule has 2 amide bonds. The van der Waals surface area contributed by atoms with E-state index in [-0.39, 0.29) is 0 Å². The zero-order valence-corrected chi connectivity index (χ0v) is 15.0. The maximum atomic E-state index is 14.7. The molecule has 2 N–H and O–H groups in total. The maximum absolute atomic E-state index is 14.7. The molecular weight excluding hydrogens is 347 g/mol. The van der Waals surface area contributed by atoms with Crippen LogP contribution in [0.2, 0.25) is 0 Å². The van der Waals surface area contributed by atoms with E-state index in [9.17, 15) is 9.18 Å². The molecule has 7 nitrogen and oxygen atoms in total. The molecule has 1 aliphatic rings. The molecule has 1 aromatic carbocycles. The molecule has 2 aromatic heterocycles. The molecule has 1 fully saturated rings. The first-order valence-corrected chi connectivity index (χ1v) is 8.72. The van der Waals surface area contributed by atoms with Gasteiger partial charge in [0.2, 0.25) is 0 Å². The minimum atomic E-state index is -0.492. The zero-order chi connectivity index (χ0) is 19.0. The number of urea groups is 1. The van der Waals surface area contributed by atoms with Crippen molar-refractivity contribution >= 4 is 17.4 Å².